The fourth-order valence-electron chi connectivity index (χ4n) is 1.74. The minimum atomic E-state index is -0.257. The number of halogens is 1. The van der Waals surface area contributed by atoms with Crippen LogP contribution < -0.4 is 5.73 Å². The van der Waals surface area contributed by atoms with Crippen molar-refractivity contribution >= 4 is 0 Å². The summed E-state index contributed by atoms with van der Waals surface area (Å²) in [7, 11) is 0. The fourth-order valence-corrected chi connectivity index (χ4v) is 1.74. The molecule has 0 aliphatic heterocycles. The predicted octanol–water partition coefficient (Wildman–Crippen LogP) is 2.03. The zero-order valence-corrected chi connectivity index (χ0v) is 9.13. The Hall–Kier alpha value is -1.68. The third-order valence-corrected chi connectivity index (χ3v) is 2.42. The molecule has 0 atom stereocenters. The van der Waals surface area contributed by atoms with Gasteiger partial charge in [-0.1, -0.05) is 12.1 Å². The number of imidazole rings is 1. The van der Waals surface area contributed by atoms with Gasteiger partial charge in [0, 0.05) is 17.7 Å². The Balaban J connectivity index is 2.51. The molecule has 0 radical (unpaired) electrons. The Morgan fingerprint density at radius 2 is 2.12 bits per heavy atom. The number of hydrogen-bond donors (Lipinski definition) is 2. The van der Waals surface area contributed by atoms with E-state index in [4.69, 9.17) is 5.73 Å². The number of H-pyrrole nitrogens is 1. The second kappa shape index (κ2) is 4.45. The molecule has 0 fully saturated rings. The molecule has 4 heteroatoms. The van der Waals surface area contributed by atoms with Crippen LogP contribution in [0.4, 0.5) is 4.39 Å². The lowest BCUT2D eigenvalue weighted by Gasteiger charge is -2.02. The minimum absolute atomic E-state index is 0.257. The maximum atomic E-state index is 13.6. The lowest BCUT2D eigenvalue weighted by atomic mass is 10.1. The highest BCUT2D eigenvalue weighted by Crippen LogP contribution is 2.24. The molecular weight excluding hydrogens is 205 g/mol. The number of nitrogens with one attached hydrogen (secondary N) is 1. The third kappa shape index (κ3) is 1.97. The standard InChI is InChI=1S/C12H14FN3/c1-8-15-11(6-7-14)12(16-8)9-4-2-3-5-10(9)13/h2-5H,6-7,14H2,1H3,(H,15,16). The Morgan fingerprint density at radius 1 is 1.38 bits per heavy atom. The number of nitrogens with zero attached hydrogens (tertiary/aromatic N) is 1. The highest BCUT2D eigenvalue weighted by atomic mass is 19.1. The molecule has 0 amide bonds. The van der Waals surface area contributed by atoms with Crippen molar-refractivity contribution in [1.82, 2.24) is 9.97 Å². The maximum absolute atomic E-state index is 13.6. The zero-order valence-electron chi connectivity index (χ0n) is 9.13. The number of aromatic amines is 1. The summed E-state index contributed by atoms with van der Waals surface area (Å²) < 4.78 is 13.6. The number of aromatic nitrogens is 2. The molecule has 0 aliphatic rings. The molecule has 2 rings (SSSR count). The Morgan fingerprint density at radius 3 is 2.81 bits per heavy atom. The SMILES string of the molecule is Cc1nc(-c2ccccc2F)c(CCN)[nH]1. The Bertz CT molecular complexity index is 491. The van der Waals surface area contributed by atoms with Crippen LogP contribution in [-0.2, 0) is 6.42 Å². The number of aryl methyl sites for hydroxylation is 1. The first-order chi connectivity index (χ1) is 7.72. The van der Waals surface area contributed by atoms with E-state index in [-0.39, 0.29) is 5.82 Å². The van der Waals surface area contributed by atoms with Gasteiger partial charge in [-0.25, -0.2) is 9.37 Å². The molecule has 0 unspecified atom stereocenters. The van der Waals surface area contributed by atoms with E-state index in [1.165, 1.54) is 6.07 Å². The van der Waals surface area contributed by atoms with Crippen molar-refractivity contribution in [1.29, 1.82) is 0 Å². The van der Waals surface area contributed by atoms with Gasteiger partial charge in [0.25, 0.3) is 0 Å². The summed E-state index contributed by atoms with van der Waals surface area (Å²) in [6, 6.07) is 6.63. The van der Waals surface area contributed by atoms with Crippen LogP contribution in [0.2, 0.25) is 0 Å². The molecule has 16 heavy (non-hydrogen) atoms. The number of benzene rings is 1. The van der Waals surface area contributed by atoms with Crippen LogP contribution in [0.15, 0.2) is 24.3 Å². The second-order valence-electron chi connectivity index (χ2n) is 3.67. The highest BCUT2D eigenvalue weighted by molar-refractivity contribution is 5.62. The van der Waals surface area contributed by atoms with E-state index in [1.54, 1.807) is 18.2 Å². The number of hydrogen-bond acceptors (Lipinski definition) is 2. The first kappa shape index (κ1) is 10.8. The lowest BCUT2D eigenvalue weighted by molar-refractivity contribution is 0.630. The van der Waals surface area contributed by atoms with E-state index < -0.39 is 0 Å². The molecule has 2 aromatic rings. The van der Waals surface area contributed by atoms with Crippen LogP contribution in [0.25, 0.3) is 11.3 Å². The van der Waals surface area contributed by atoms with Gasteiger partial charge in [0.1, 0.15) is 11.6 Å². The highest BCUT2D eigenvalue weighted by Gasteiger charge is 2.12. The monoisotopic (exact) mass is 219 g/mol. The van der Waals surface area contributed by atoms with Gasteiger partial charge >= 0.3 is 0 Å². The van der Waals surface area contributed by atoms with Gasteiger partial charge < -0.3 is 10.7 Å². The molecule has 3 N–H and O–H groups in total. The van der Waals surface area contributed by atoms with Crippen LogP contribution in [0, 0.1) is 12.7 Å². The van der Waals surface area contributed by atoms with E-state index >= 15 is 0 Å². The van der Waals surface area contributed by atoms with E-state index in [0.717, 1.165) is 11.5 Å². The van der Waals surface area contributed by atoms with Crippen molar-refractivity contribution in [3.8, 4) is 11.3 Å². The average Bonchev–Trinajstić information content (AvgIpc) is 2.61. The zero-order chi connectivity index (χ0) is 11.5. The van der Waals surface area contributed by atoms with Gasteiger partial charge in [0.05, 0.1) is 5.69 Å². The number of nitrogens with two attached hydrogens (primary N) is 1. The second-order valence-corrected chi connectivity index (χ2v) is 3.67. The van der Waals surface area contributed by atoms with Crippen molar-refractivity contribution < 1.29 is 4.39 Å². The van der Waals surface area contributed by atoms with Crippen molar-refractivity contribution in [3.05, 3.63) is 41.6 Å². The van der Waals surface area contributed by atoms with Gasteiger partial charge in [-0.05, 0) is 25.6 Å². The molecule has 1 aromatic heterocycles. The summed E-state index contributed by atoms with van der Waals surface area (Å²) in [5, 5.41) is 0. The van der Waals surface area contributed by atoms with Crippen LogP contribution in [0.1, 0.15) is 11.5 Å². The van der Waals surface area contributed by atoms with Gasteiger partial charge in [-0.3, -0.25) is 0 Å². The maximum Gasteiger partial charge on any atom is 0.132 e. The van der Waals surface area contributed by atoms with Crippen molar-refractivity contribution in [2.75, 3.05) is 6.54 Å². The van der Waals surface area contributed by atoms with Crippen molar-refractivity contribution in [2.45, 2.75) is 13.3 Å². The smallest absolute Gasteiger partial charge is 0.132 e. The summed E-state index contributed by atoms with van der Waals surface area (Å²) >= 11 is 0. The molecule has 84 valence electrons. The predicted molar refractivity (Wildman–Crippen MR) is 61.5 cm³/mol. The first-order valence-electron chi connectivity index (χ1n) is 5.23. The third-order valence-electron chi connectivity index (χ3n) is 2.42. The summed E-state index contributed by atoms with van der Waals surface area (Å²) in [6.07, 6.45) is 0.671. The van der Waals surface area contributed by atoms with E-state index in [2.05, 4.69) is 9.97 Å². The summed E-state index contributed by atoms with van der Waals surface area (Å²) in [5.74, 6) is 0.522. The average molecular weight is 219 g/mol. The molecular formula is C12H14FN3. The molecule has 1 aromatic carbocycles. The van der Waals surface area contributed by atoms with Crippen LogP contribution in [0.5, 0.6) is 0 Å². The molecule has 0 saturated carbocycles. The summed E-state index contributed by atoms with van der Waals surface area (Å²) in [4.78, 5) is 7.42. The van der Waals surface area contributed by atoms with Gasteiger partial charge in [-0.2, -0.15) is 0 Å². The van der Waals surface area contributed by atoms with E-state index in [9.17, 15) is 4.39 Å². The van der Waals surface area contributed by atoms with Gasteiger partial charge in [0.2, 0.25) is 0 Å². The lowest BCUT2D eigenvalue weighted by Crippen LogP contribution is -2.04. The summed E-state index contributed by atoms with van der Waals surface area (Å²) in [5.41, 5.74) is 7.60. The van der Waals surface area contributed by atoms with Gasteiger partial charge in [-0.15, -0.1) is 0 Å². The largest absolute Gasteiger partial charge is 0.346 e. The first-order valence-corrected chi connectivity index (χ1v) is 5.23. The Labute approximate surface area is 93.5 Å². The van der Waals surface area contributed by atoms with Gasteiger partial charge in [0.15, 0.2) is 0 Å². The Kier molecular flexibility index (Phi) is 3.01. The van der Waals surface area contributed by atoms with Crippen LogP contribution in [0.3, 0.4) is 0 Å². The molecule has 1 heterocycles. The molecule has 0 saturated heterocycles. The van der Waals surface area contributed by atoms with E-state index in [1.807, 2.05) is 6.92 Å². The summed E-state index contributed by atoms with van der Waals surface area (Å²) in [6.45, 7) is 2.37. The normalized spacial score (nSPS) is 10.7. The molecule has 3 nitrogen and oxygen atoms in total. The molecule has 0 bridgehead atoms. The minimum Gasteiger partial charge on any atom is -0.346 e. The molecule has 0 aliphatic carbocycles. The van der Waals surface area contributed by atoms with Crippen LogP contribution >= 0.6 is 0 Å². The topological polar surface area (TPSA) is 54.7 Å². The van der Waals surface area contributed by atoms with Crippen molar-refractivity contribution in [3.63, 3.8) is 0 Å². The van der Waals surface area contributed by atoms with Crippen LogP contribution in [-0.4, -0.2) is 16.5 Å². The number of rotatable bonds is 3. The quantitative estimate of drug-likeness (QED) is 0.829. The van der Waals surface area contributed by atoms with Crippen molar-refractivity contribution in [2.24, 2.45) is 5.73 Å². The van der Waals surface area contributed by atoms with E-state index in [0.29, 0.717) is 24.2 Å². The fraction of sp³-hybridized carbons (Fsp3) is 0.250. The molecule has 0 spiro atoms.